The summed E-state index contributed by atoms with van der Waals surface area (Å²) in [6, 6.07) is 61.9. The second-order valence-corrected chi connectivity index (χ2v) is 21.5. The highest BCUT2D eigenvalue weighted by Crippen LogP contribution is 2.47. The standard InChI is InChI=1S/C67H60F2N4O/c1-41(2)46-35-58(42(3)4)65(59(36-46)43(5)6)47-33-51(38-53(34-47)74-52-29-30-57-56-15-10-11-18-60(56)73(63(57)39-52)64-37-48(31-32-70-64)67(7,8)9)71-40-72(62-20-13-12-19-61(62)71)66-54(44-21-25-49(68)26-22-44)16-14-17-55(66)45-23-27-50(69)28-24-45/h10-39,41-43H,1-9H3/q+2. The molecular weight excluding hydrogens is 915 g/mol. The van der Waals surface area contributed by atoms with Crippen LogP contribution in [0.2, 0.25) is 0 Å². The molecule has 1 aliphatic heterocycles. The molecule has 7 heteroatoms. The molecule has 0 bridgehead atoms. The Morgan fingerprint density at radius 1 is 0.527 bits per heavy atom. The topological polar surface area (TPSA) is 33.1 Å². The number of hydrogen-bond acceptors (Lipinski definition) is 2. The van der Waals surface area contributed by atoms with Crippen LogP contribution in [0, 0.1) is 11.6 Å². The summed E-state index contributed by atoms with van der Waals surface area (Å²) in [6.45, 7) is 20.3. The molecule has 0 saturated carbocycles. The number of hydrogen-bond donors (Lipinski definition) is 0. The van der Waals surface area contributed by atoms with Crippen molar-refractivity contribution in [1.82, 2.24) is 18.7 Å². The SMILES string of the molecule is CC(C)c1cc(C(C)C)c(-c2cc(Oc3ccc4c5ccccc5n(-c5cc(C(C)(C)C)ccn5)c4c3)cc([N+]3=C=[N+](c4c(-c5ccc(F)cc5)cccc4-c4ccc(F)cc4)c4ccccc43)c2)c(C(C)C)c1. The van der Waals surface area contributed by atoms with E-state index < -0.39 is 0 Å². The van der Waals surface area contributed by atoms with Crippen LogP contribution in [0.5, 0.6) is 11.5 Å². The third-order valence-electron chi connectivity index (χ3n) is 14.4. The Labute approximate surface area is 433 Å². The zero-order chi connectivity index (χ0) is 51.6. The average molecular weight is 975 g/mol. The minimum atomic E-state index is -0.316. The lowest BCUT2D eigenvalue weighted by Gasteiger charge is -2.23. The highest BCUT2D eigenvalue weighted by molar-refractivity contribution is 6.09. The maximum Gasteiger partial charge on any atom is 0.503 e. The van der Waals surface area contributed by atoms with E-state index >= 15 is 0 Å². The summed E-state index contributed by atoms with van der Waals surface area (Å²) < 4.78 is 42.7. The fourth-order valence-corrected chi connectivity index (χ4v) is 10.5. The first-order chi connectivity index (χ1) is 35.6. The van der Waals surface area contributed by atoms with Crippen LogP contribution in [0.3, 0.4) is 0 Å². The summed E-state index contributed by atoms with van der Waals surface area (Å²) in [5, 5.41) is 2.25. The average Bonchev–Trinajstić information content (AvgIpc) is 3.94. The van der Waals surface area contributed by atoms with Crippen molar-refractivity contribution >= 4 is 50.6 Å². The fourth-order valence-electron chi connectivity index (χ4n) is 10.5. The van der Waals surface area contributed by atoms with E-state index in [-0.39, 0.29) is 28.9 Å². The Bertz CT molecular complexity index is 3790. The van der Waals surface area contributed by atoms with Gasteiger partial charge in [0.2, 0.25) is 11.4 Å². The van der Waals surface area contributed by atoms with Crippen LogP contribution >= 0.6 is 0 Å². The predicted octanol–water partition coefficient (Wildman–Crippen LogP) is 18.8. The molecule has 8 aromatic carbocycles. The van der Waals surface area contributed by atoms with Crippen molar-refractivity contribution in [2.45, 2.75) is 85.5 Å². The van der Waals surface area contributed by atoms with Gasteiger partial charge in [-0.1, -0.05) is 135 Å². The first kappa shape index (κ1) is 48.0. The van der Waals surface area contributed by atoms with E-state index in [9.17, 15) is 8.78 Å². The molecule has 0 saturated heterocycles. The van der Waals surface area contributed by atoms with E-state index in [4.69, 9.17) is 9.72 Å². The molecule has 0 unspecified atom stereocenters. The Morgan fingerprint density at radius 3 is 1.73 bits per heavy atom. The lowest BCUT2D eigenvalue weighted by molar-refractivity contribution is 0.483. The summed E-state index contributed by atoms with van der Waals surface area (Å²) in [6.07, 6.45) is 1.91. The van der Waals surface area contributed by atoms with Crippen molar-refractivity contribution < 1.29 is 13.5 Å². The smallest absolute Gasteiger partial charge is 0.457 e. The number of nitrogens with zero attached hydrogens (tertiary/aromatic N) is 4. The van der Waals surface area contributed by atoms with Crippen LogP contribution in [0.25, 0.3) is 61.0 Å². The van der Waals surface area contributed by atoms with E-state index in [2.05, 4.69) is 179 Å². The molecule has 0 spiro atoms. The van der Waals surface area contributed by atoms with Crippen molar-refractivity contribution in [3.8, 4) is 50.7 Å². The van der Waals surface area contributed by atoms with Gasteiger partial charge < -0.3 is 4.74 Å². The van der Waals surface area contributed by atoms with Crippen LogP contribution in [-0.4, -0.2) is 15.6 Å². The van der Waals surface area contributed by atoms with E-state index in [1.807, 2.05) is 36.5 Å². The van der Waals surface area contributed by atoms with Gasteiger partial charge in [-0.3, -0.25) is 4.57 Å². The molecule has 3 heterocycles. The van der Waals surface area contributed by atoms with E-state index in [1.54, 1.807) is 24.3 Å². The van der Waals surface area contributed by atoms with E-state index in [1.165, 1.54) is 52.1 Å². The van der Waals surface area contributed by atoms with Gasteiger partial charge in [-0.25, -0.2) is 13.8 Å². The van der Waals surface area contributed by atoms with Gasteiger partial charge in [0.15, 0.2) is 0 Å². The van der Waals surface area contributed by atoms with Crippen LogP contribution in [0.1, 0.15) is 102 Å². The molecule has 11 rings (SSSR count). The first-order valence-electron chi connectivity index (χ1n) is 25.7. The second-order valence-electron chi connectivity index (χ2n) is 21.5. The van der Waals surface area contributed by atoms with Gasteiger partial charge in [-0.15, -0.1) is 0 Å². The quantitative estimate of drug-likeness (QED) is 0.121. The summed E-state index contributed by atoms with van der Waals surface area (Å²) in [4.78, 5) is 4.95. The number of para-hydroxylation sites is 4. The molecular formula is C67H60F2N4O+2. The monoisotopic (exact) mass is 974 g/mol. The van der Waals surface area contributed by atoms with E-state index in [0.717, 1.165) is 78.2 Å². The van der Waals surface area contributed by atoms with Gasteiger partial charge in [0.05, 0.1) is 28.2 Å². The Morgan fingerprint density at radius 2 is 1.12 bits per heavy atom. The number of fused-ring (bicyclic) bond motifs is 4. The van der Waals surface area contributed by atoms with Crippen molar-refractivity contribution in [2.24, 2.45) is 0 Å². The number of rotatable bonds is 11. The Kier molecular flexibility index (Phi) is 12.3. The molecule has 366 valence electrons. The van der Waals surface area contributed by atoms with E-state index in [0.29, 0.717) is 17.4 Å². The van der Waals surface area contributed by atoms with Crippen molar-refractivity contribution in [1.29, 1.82) is 0 Å². The third kappa shape index (κ3) is 8.81. The van der Waals surface area contributed by atoms with Crippen LogP contribution in [0.4, 0.5) is 31.5 Å². The number of halogens is 2. The predicted molar refractivity (Wildman–Crippen MR) is 303 cm³/mol. The lowest BCUT2D eigenvalue weighted by Crippen LogP contribution is -2.12. The highest BCUT2D eigenvalue weighted by Gasteiger charge is 2.40. The minimum Gasteiger partial charge on any atom is -0.457 e. The van der Waals surface area contributed by atoms with Crippen LogP contribution in [0.15, 0.2) is 182 Å². The largest absolute Gasteiger partial charge is 0.503 e. The zero-order valence-corrected chi connectivity index (χ0v) is 43.5. The normalized spacial score (nSPS) is 12.6. The van der Waals surface area contributed by atoms with Crippen LogP contribution < -0.4 is 13.9 Å². The molecule has 0 fully saturated rings. The molecule has 5 nitrogen and oxygen atoms in total. The van der Waals surface area contributed by atoms with Gasteiger partial charge >= 0.3 is 6.01 Å². The van der Waals surface area contributed by atoms with Gasteiger partial charge in [-0.2, -0.15) is 0 Å². The summed E-state index contributed by atoms with van der Waals surface area (Å²) in [5.74, 6) is 2.40. The summed E-state index contributed by atoms with van der Waals surface area (Å²) >= 11 is 0. The maximum atomic E-state index is 14.5. The number of pyridine rings is 1. The molecule has 74 heavy (non-hydrogen) atoms. The lowest BCUT2D eigenvalue weighted by atomic mass is 9.81. The third-order valence-corrected chi connectivity index (χ3v) is 14.4. The first-order valence-corrected chi connectivity index (χ1v) is 25.7. The number of benzene rings is 8. The molecule has 0 amide bonds. The van der Waals surface area contributed by atoms with Gasteiger partial charge in [-0.05, 0) is 150 Å². The van der Waals surface area contributed by atoms with Gasteiger partial charge in [0.1, 0.15) is 29.0 Å². The Hall–Kier alpha value is -8.25. The molecule has 1 aliphatic rings. The van der Waals surface area contributed by atoms with Gasteiger partial charge in [0, 0.05) is 41.2 Å². The maximum absolute atomic E-state index is 14.5. The molecule has 0 aliphatic carbocycles. The van der Waals surface area contributed by atoms with Crippen LogP contribution in [-0.2, 0) is 5.41 Å². The molecule has 0 N–H and O–H groups in total. The second kappa shape index (κ2) is 19.0. The number of ether oxygens (including phenoxy) is 1. The fraction of sp³-hybridized carbons (Fsp3) is 0.194. The molecule has 0 atom stereocenters. The molecule has 10 aromatic rings. The van der Waals surface area contributed by atoms with Gasteiger partial charge in [0.25, 0.3) is 11.4 Å². The number of aromatic nitrogens is 2. The summed E-state index contributed by atoms with van der Waals surface area (Å²) in [7, 11) is 0. The Balaban J connectivity index is 1.17. The van der Waals surface area contributed by atoms with Crippen molar-refractivity contribution in [3.05, 3.63) is 216 Å². The van der Waals surface area contributed by atoms with Crippen molar-refractivity contribution in [3.63, 3.8) is 0 Å². The molecule has 0 radical (unpaired) electrons. The zero-order valence-electron chi connectivity index (χ0n) is 43.5. The van der Waals surface area contributed by atoms with Crippen molar-refractivity contribution in [2.75, 3.05) is 0 Å². The molecule has 2 aromatic heterocycles. The highest BCUT2D eigenvalue weighted by atomic mass is 19.1. The minimum absolute atomic E-state index is 0.0635. The summed E-state index contributed by atoms with van der Waals surface area (Å²) in [5.41, 5.74) is 16.2.